The van der Waals surface area contributed by atoms with E-state index in [0.29, 0.717) is 0 Å². The van der Waals surface area contributed by atoms with Gasteiger partial charge in [-0.25, -0.2) is 0 Å². The Labute approximate surface area is 100 Å². The number of pyridine rings is 1. The van der Waals surface area contributed by atoms with E-state index in [0.717, 1.165) is 43.6 Å². The molecule has 1 aromatic heterocycles. The number of hydrogen-bond acceptors (Lipinski definition) is 1. The molecule has 1 heterocycles. The van der Waals surface area contributed by atoms with Crippen molar-refractivity contribution in [1.82, 2.24) is 4.98 Å². The average molecular weight is 245 g/mol. The van der Waals surface area contributed by atoms with Crippen molar-refractivity contribution in [3.8, 4) is 0 Å². The first-order valence-corrected chi connectivity index (χ1v) is 6.02. The lowest BCUT2D eigenvalue weighted by molar-refractivity contribution is -0.137. The van der Waals surface area contributed by atoms with Gasteiger partial charge in [0.25, 0.3) is 0 Å². The van der Waals surface area contributed by atoms with Gasteiger partial charge in [-0.05, 0) is 25.0 Å². The van der Waals surface area contributed by atoms with Gasteiger partial charge in [-0.15, -0.1) is 0 Å². The third-order valence-electron chi connectivity index (χ3n) is 2.81. The van der Waals surface area contributed by atoms with Gasteiger partial charge >= 0.3 is 6.18 Å². The van der Waals surface area contributed by atoms with Crippen molar-refractivity contribution < 1.29 is 13.2 Å². The molecule has 1 rings (SSSR count). The molecule has 17 heavy (non-hydrogen) atoms. The molecule has 1 nitrogen and oxygen atoms in total. The highest BCUT2D eigenvalue weighted by atomic mass is 19.4. The summed E-state index contributed by atoms with van der Waals surface area (Å²) in [6.45, 7) is 4.15. The predicted octanol–water partition coefficient (Wildman–Crippen LogP) is 4.78. The van der Waals surface area contributed by atoms with Gasteiger partial charge < -0.3 is 0 Å². The first kappa shape index (κ1) is 14.0. The monoisotopic (exact) mass is 245 g/mol. The maximum Gasteiger partial charge on any atom is 0.417 e. The van der Waals surface area contributed by atoms with Crippen molar-refractivity contribution in [2.24, 2.45) is 0 Å². The summed E-state index contributed by atoms with van der Waals surface area (Å²) in [4.78, 5) is 3.96. The molecule has 1 aromatic rings. The van der Waals surface area contributed by atoms with Crippen LogP contribution in [0.5, 0.6) is 0 Å². The Balaban J connectivity index is 2.84. The second kappa shape index (κ2) is 6.03. The van der Waals surface area contributed by atoms with Crippen LogP contribution >= 0.6 is 0 Å². The molecular formula is C13H18F3N. The van der Waals surface area contributed by atoms with E-state index in [1.165, 1.54) is 6.07 Å². The number of halogens is 3. The fourth-order valence-electron chi connectivity index (χ4n) is 1.95. The van der Waals surface area contributed by atoms with Crippen LogP contribution in [0, 0.1) is 0 Å². The quantitative estimate of drug-likeness (QED) is 0.727. The average Bonchev–Trinajstić information content (AvgIpc) is 2.28. The van der Waals surface area contributed by atoms with E-state index in [4.69, 9.17) is 0 Å². The lowest BCUT2D eigenvalue weighted by Crippen LogP contribution is -2.07. The van der Waals surface area contributed by atoms with Gasteiger partial charge in [-0.1, -0.05) is 26.7 Å². The normalized spacial score (nSPS) is 12.1. The highest BCUT2D eigenvalue weighted by molar-refractivity contribution is 5.19. The van der Waals surface area contributed by atoms with Gasteiger partial charge in [0.2, 0.25) is 0 Å². The van der Waals surface area contributed by atoms with Crippen molar-refractivity contribution in [3.63, 3.8) is 0 Å². The third-order valence-corrected chi connectivity index (χ3v) is 2.81. The summed E-state index contributed by atoms with van der Waals surface area (Å²) in [5.74, 6) is 0.285. The Bertz CT molecular complexity index is 324. The first-order chi connectivity index (χ1) is 7.99. The van der Waals surface area contributed by atoms with Crippen molar-refractivity contribution in [1.29, 1.82) is 0 Å². The Morgan fingerprint density at radius 1 is 1.12 bits per heavy atom. The molecule has 0 amide bonds. The molecule has 96 valence electrons. The minimum Gasteiger partial charge on any atom is -0.260 e. The van der Waals surface area contributed by atoms with Crippen LogP contribution in [0.1, 0.15) is 56.7 Å². The van der Waals surface area contributed by atoms with E-state index in [2.05, 4.69) is 18.8 Å². The molecule has 4 heteroatoms. The second-order valence-electron chi connectivity index (χ2n) is 4.24. The van der Waals surface area contributed by atoms with Crippen molar-refractivity contribution in [2.75, 3.05) is 0 Å². The lowest BCUT2D eigenvalue weighted by Gasteiger charge is -2.15. The molecule has 0 spiro atoms. The highest BCUT2D eigenvalue weighted by Crippen LogP contribution is 2.30. The van der Waals surface area contributed by atoms with Crippen LogP contribution in [0.3, 0.4) is 0 Å². The highest BCUT2D eigenvalue weighted by Gasteiger charge is 2.30. The van der Waals surface area contributed by atoms with Crippen molar-refractivity contribution in [2.45, 2.75) is 51.6 Å². The Hall–Kier alpha value is -1.06. The molecular weight excluding hydrogens is 227 g/mol. The maximum atomic E-state index is 12.4. The van der Waals surface area contributed by atoms with Crippen LogP contribution in [0.25, 0.3) is 0 Å². The summed E-state index contributed by atoms with van der Waals surface area (Å²) in [5, 5.41) is 0. The van der Waals surface area contributed by atoms with E-state index >= 15 is 0 Å². The largest absolute Gasteiger partial charge is 0.417 e. The number of nitrogens with zero attached hydrogens (tertiary/aromatic N) is 1. The zero-order valence-electron chi connectivity index (χ0n) is 10.2. The van der Waals surface area contributed by atoms with E-state index < -0.39 is 11.7 Å². The van der Waals surface area contributed by atoms with Crippen LogP contribution < -0.4 is 0 Å². The molecule has 0 atom stereocenters. The molecule has 0 aliphatic rings. The number of alkyl halides is 3. The number of rotatable bonds is 5. The van der Waals surface area contributed by atoms with Crippen LogP contribution in [-0.4, -0.2) is 4.98 Å². The summed E-state index contributed by atoms with van der Waals surface area (Å²) in [5.41, 5.74) is 0.106. The van der Waals surface area contributed by atoms with Gasteiger partial charge in [-0.3, -0.25) is 4.98 Å². The Kier molecular flexibility index (Phi) is 4.97. The standard InChI is InChI=1S/C13H18F3N/c1-3-5-10(6-4-2)12-8-7-11(9-17-12)13(14,15)16/h7-10H,3-6H2,1-2H3. The van der Waals surface area contributed by atoms with E-state index in [9.17, 15) is 13.2 Å². The molecule has 0 aromatic carbocycles. The predicted molar refractivity (Wildman–Crippen MR) is 61.8 cm³/mol. The summed E-state index contributed by atoms with van der Waals surface area (Å²) in [7, 11) is 0. The molecule has 0 saturated carbocycles. The van der Waals surface area contributed by atoms with Crippen molar-refractivity contribution >= 4 is 0 Å². The van der Waals surface area contributed by atoms with Crippen LogP contribution in [-0.2, 0) is 6.18 Å². The maximum absolute atomic E-state index is 12.4. The second-order valence-corrected chi connectivity index (χ2v) is 4.24. The van der Waals surface area contributed by atoms with Gasteiger partial charge in [0.1, 0.15) is 0 Å². The molecule has 0 aliphatic heterocycles. The van der Waals surface area contributed by atoms with Crippen molar-refractivity contribution in [3.05, 3.63) is 29.6 Å². The SMILES string of the molecule is CCCC(CCC)c1ccc(C(F)(F)F)cn1. The summed E-state index contributed by atoms with van der Waals surface area (Å²) in [6.07, 6.45) is 0.642. The molecule has 0 unspecified atom stereocenters. The number of aromatic nitrogens is 1. The fourth-order valence-corrected chi connectivity index (χ4v) is 1.95. The minimum atomic E-state index is -4.30. The smallest absolute Gasteiger partial charge is 0.260 e. The number of hydrogen-bond donors (Lipinski definition) is 0. The first-order valence-electron chi connectivity index (χ1n) is 6.02. The zero-order chi connectivity index (χ0) is 12.9. The van der Waals surface area contributed by atoms with Gasteiger partial charge in [0.15, 0.2) is 0 Å². The molecule has 0 saturated heterocycles. The molecule has 0 aliphatic carbocycles. The Morgan fingerprint density at radius 2 is 1.71 bits per heavy atom. The van der Waals surface area contributed by atoms with E-state index in [1.54, 1.807) is 0 Å². The van der Waals surface area contributed by atoms with Crippen LogP contribution in [0.15, 0.2) is 18.3 Å². The van der Waals surface area contributed by atoms with Gasteiger partial charge in [0.05, 0.1) is 5.56 Å². The Morgan fingerprint density at radius 3 is 2.06 bits per heavy atom. The molecule has 0 fully saturated rings. The molecule has 0 radical (unpaired) electrons. The summed E-state index contributed by atoms with van der Waals surface area (Å²) < 4.78 is 37.1. The topological polar surface area (TPSA) is 12.9 Å². The lowest BCUT2D eigenvalue weighted by atomic mass is 9.94. The third kappa shape index (κ3) is 4.02. The fraction of sp³-hybridized carbons (Fsp3) is 0.615. The minimum absolute atomic E-state index is 0.285. The molecule has 0 bridgehead atoms. The van der Waals surface area contributed by atoms with E-state index in [-0.39, 0.29) is 5.92 Å². The summed E-state index contributed by atoms with van der Waals surface area (Å²) in [6, 6.07) is 2.64. The van der Waals surface area contributed by atoms with Crippen LogP contribution in [0.2, 0.25) is 0 Å². The molecule has 0 N–H and O–H groups in total. The van der Waals surface area contributed by atoms with E-state index in [1.807, 2.05) is 0 Å². The summed E-state index contributed by atoms with van der Waals surface area (Å²) >= 11 is 0. The zero-order valence-corrected chi connectivity index (χ0v) is 10.2. The van der Waals surface area contributed by atoms with Crippen LogP contribution in [0.4, 0.5) is 13.2 Å². The van der Waals surface area contributed by atoms with Gasteiger partial charge in [0, 0.05) is 17.8 Å². The van der Waals surface area contributed by atoms with Gasteiger partial charge in [-0.2, -0.15) is 13.2 Å².